The van der Waals surface area contributed by atoms with Crippen molar-refractivity contribution in [2.45, 2.75) is 9.92 Å². The number of pyridine rings is 1. The van der Waals surface area contributed by atoms with Gasteiger partial charge in [-0.1, -0.05) is 23.9 Å². The molecule has 1 aliphatic rings. The number of hydrogen-bond donors (Lipinski definition) is 0. The average Bonchev–Trinajstić information content (AvgIpc) is 2.63. The number of esters is 1. The number of hydrogen-bond acceptors (Lipinski definition) is 5. The van der Waals surface area contributed by atoms with E-state index in [2.05, 4.69) is 9.72 Å². The number of fused-ring (bicyclic) bond motifs is 2. The van der Waals surface area contributed by atoms with Crippen LogP contribution in [0.3, 0.4) is 0 Å². The fraction of sp³-hybridized carbons (Fsp3) is 0.133. The highest BCUT2D eigenvalue weighted by atomic mass is 32.2. The highest BCUT2D eigenvalue weighted by Crippen LogP contribution is 2.39. The summed E-state index contributed by atoms with van der Waals surface area (Å²) in [4.78, 5) is 30.9. The summed E-state index contributed by atoms with van der Waals surface area (Å²) >= 11 is 1.42. The molecular formula is C15H12N2O3S. The van der Waals surface area contributed by atoms with Crippen molar-refractivity contribution < 1.29 is 14.3 Å². The number of rotatable bonds is 2. The van der Waals surface area contributed by atoms with Crippen LogP contribution in [0.4, 0.5) is 5.69 Å². The topological polar surface area (TPSA) is 59.5 Å². The van der Waals surface area contributed by atoms with Gasteiger partial charge in [0.05, 0.1) is 18.4 Å². The molecule has 2 heterocycles. The van der Waals surface area contributed by atoms with Gasteiger partial charge in [-0.15, -0.1) is 0 Å². The summed E-state index contributed by atoms with van der Waals surface area (Å²) in [5.41, 5.74) is 1.18. The zero-order valence-corrected chi connectivity index (χ0v) is 12.1. The largest absolute Gasteiger partial charge is 0.468 e. The molecule has 6 heteroatoms. The molecule has 1 aromatic heterocycles. The van der Waals surface area contributed by atoms with Gasteiger partial charge in [0.15, 0.2) is 0 Å². The lowest BCUT2D eigenvalue weighted by atomic mass is 10.2. The molecule has 0 unspecified atom stereocenters. The summed E-state index contributed by atoms with van der Waals surface area (Å²) in [6.07, 6.45) is 1.67. The van der Waals surface area contributed by atoms with E-state index in [-0.39, 0.29) is 12.5 Å². The van der Waals surface area contributed by atoms with Gasteiger partial charge in [-0.25, -0.2) is 4.98 Å². The van der Waals surface area contributed by atoms with E-state index >= 15 is 0 Å². The van der Waals surface area contributed by atoms with E-state index in [1.165, 1.54) is 23.8 Å². The molecule has 0 atom stereocenters. The minimum absolute atomic E-state index is 0.136. The van der Waals surface area contributed by atoms with Crippen molar-refractivity contribution in [3.63, 3.8) is 0 Å². The van der Waals surface area contributed by atoms with E-state index in [1.54, 1.807) is 30.5 Å². The van der Waals surface area contributed by atoms with Crippen LogP contribution in [-0.4, -0.2) is 30.5 Å². The van der Waals surface area contributed by atoms with Gasteiger partial charge in [-0.2, -0.15) is 0 Å². The number of benzene rings is 1. The number of carbonyl (C=O) groups excluding carboxylic acids is 2. The SMILES string of the molecule is COC(=O)CN1C(=O)c2ccccc2Sc2ncccc21. The van der Waals surface area contributed by atoms with E-state index in [0.717, 1.165) is 4.90 Å². The Kier molecular flexibility index (Phi) is 3.62. The number of aromatic nitrogens is 1. The highest BCUT2D eigenvalue weighted by Gasteiger charge is 2.29. The molecule has 0 aliphatic carbocycles. The van der Waals surface area contributed by atoms with Crippen molar-refractivity contribution in [2.24, 2.45) is 0 Å². The molecule has 21 heavy (non-hydrogen) atoms. The molecule has 5 nitrogen and oxygen atoms in total. The molecule has 0 saturated heterocycles. The Hall–Kier alpha value is -2.34. The van der Waals surface area contributed by atoms with Crippen LogP contribution in [0.25, 0.3) is 0 Å². The maximum Gasteiger partial charge on any atom is 0.325 e. The Bertz CT molecular complexity index is 718. The second-order valence-corrected chi connectivity index (χ2v) is 5.42. The van der Waals surface area contributed by atoms with Crippen LogP contribution in [0.2, 0.25) is 0 Å². The van der Waals surface area contributed by atoms with E-state index in [1.807, 2.05) is 12.1 Å². The lowest BCUT2D eigenvalue weighted by molar-refractivity contribution is -0.138. The van der Waals surface area contributed by atoms with Crippen LogP contribution in [0, 0.1) is 0 Å². The number of ether oxygens (including phenoxy) is 1. The highest BCUT2D eigenvalue weighted by molar-refractivity contribution is 7.99. The summed E-state index contributed by atoms with van der Waals surface area (Å²) in [5.74, 6) is -0.696. The molecule has 0 N–H and O–H groups in total. The van der Waals surface area contributed by atoms with E-state index in [4.69, 9.17) is 0 Å². The Labute approximate surface area is 125 Å². The zero-order valence-electron chi connectivity index (χ0n) is 11.3. The second kappa shape index (κ2) is 5.57. The fourth-order valence-electron chi connectivity index (χ4n) is 2.11. The fourth-order valence-corrected chi connectivity index (χ4v) is 3.12. The first-order chi connectivity index (χ1) is 10.2. The number of methoxy groups -OCH3 is 1. The van der Waals surface area contributed by atoms with E-state index in [9.17, 15) is 9.59 Å². The Morgan fingerprint density at radius 1 is 1.29 bits per heavy atom. The van der Waals surface area contributed by atoms with Crippen molar-refractivity contribution in [3.8, 4) is 0 Å². The van der Waals surface area contributed by atoms with Gasteiger partial charge >= 0.3 is 5.97 Å². The van der Waals surface area contributed by atoms with Crippen LogP contribution in [0.5, 0.6) is 0 Å². The van der Waals surface area contributed by atoms with Crippen molar-refractivity contribution in [1.29, 1.82) is 0 Å². The minimum Gasteiger partial charge on any atom is -0.468 e. The van der Waals surface area contributed by atoms with Crippen LogP contribution < -0.4 is 4.90 Å². The van der Waals surface area contributed by atoms with Crippen molar-refractivity contribution in [3.05, 3.63) is 48.2 Å². The van der Waals surface area contributed by atoms with Crippen LogP contribution in [0.1, 0.15) is 10.4 Å². The predicted molar refractivity (Wildman–Crippen MR) is 78.5 cm³/mol. The van der Waals surface area contributed by atoms with Gasteiger partial charge in [0.2, 0.25) is 0 Å². The third-order valence-corrected chi connectivity index (χ3v) is 4.21. The second-order valence-electron chi connectivity index (χ2n) is 4.39. The lowest BCUT2D eigenvalue weighted by Gasteiger charge is -2.20. The maximum absolute atomic E-state index is 12.7. The lowest BCUT2D eigenvalue weighted by Crippen LogP contribution is -2.36. The first kappa shape index (κ1) is 13.6. The Balaban J connectivity index is 2.13. The normalized spacial score (nSPS) is 13.2. The van der Waals surface area contributed by atoms with Gasteiger partial charge in [-0.3, -0.25) is 14.5 Å². The summed E-state index contributed by atoms with van der Waals surface area (Å²) in [6, 6.07) is 10.8. The summed E-state index contributed by atoms with van der Waals surface area (Å²) < 4.78 is 4.69. The molecule has 106 valence electrons. The number of nitrogens with zero attached hydrogens (tertiary/aromatic N) is 2. The standard InChI is InChI=1S/C15H12N2O3S/c1-20-13(18)9-17-11-6-4-8-16-14(11)21-12-7-3-2-5-10(12)15(17)19/h2-8H,9H2,1H3. The monoisotopic (exact) mass is 300 g/mol. The van der Waals surface area contributed by atoms with Crippen molar-refractivity contribution in [1.82, 2.24) is 4.98 Å². The smallest absolute Gasteiger partial charge is 0.325 e. The minimum atomic E-state index is -0.470. The Morgan fingerprint density at radius 3 is 2.90 bits per heavy atom. The number of anilines is 1. The quantitative estimate of drug-likeness (QED) is 0.797. The van der Waals surface area contributed by atoms with Gasteiger partial charge < -0.3 is 4.74 Å². The molecule has 1 aliphatic heterocycles. The third kappa shape index (κ3) is 2.50. The molecule has 0 radical (unpaired) electrons. The van der Waals surface area contributed by atoms with Gasteiger partial charge in [0.25, 0.3) is 5.91 Å². The number of carbonyl (C=O) groups is 2. The summed E-state index contributed by atoms with van der Waals surface area (Å²) in [5, 5.41) is 0.694. The molecule has 1 aromatic carbocycles. The molecular weight excluding hydrogens is 288 g/mol. The first-order valence-electron chi connectivity index (χ1n) is 6.31. The molecule has 0 bridgehead atoms. The molecule has 3 rings (SSSR count). The molecule has 2 aromatic rings. The van der Waals surface area contributed by atoms with Crippen molar-refractivity contribution in [2.75, 3.05) is 18.6 Å². The molecule has 0 spiro atoms. The van der Waals surface area contributed by atoms with Crippen LogP contribution >= 0.6 is 11.8 Å². The first-order valence-corrected chi connectivity index (χ1v) is 7.13. The third-order valence-electron chi connectivity index (χ3n) is 3.13. The van der Waals surface area contributed by atoms with Gasteiger partial charge in [-0.05, 0) is 24.3 Å². The predicted octanol–water partition coefficient (Wildman–Crippen LogP) is 2.37. The maximum atomic E-state index is 12.7. The zero-order chi connectivity index (χ0) is 14.8. The van der Waals surface area contributed by atoms with Gasteiger partial charge in [0, 0.05) is 11.1 Å². The van der Waals surface area contributed by atoms with Gasteiger partial charge in [0.1, 0.15) is 11.6 Å². The van der Waals surface area contributed by atoms with Crippen molar-refractivity contribution >= 4 is 29.3 Å². The Morgan fingerprint density at radius 2 is 2.10 bits per heavy atom. The summed E-state index contributed by atoms with van der Waals surface area (Å²) in [6.45, 7) is -0.136. The molecule has 0 fully saturated rings. The molecule has 0 saturated carbocycles. The van der Waals surface area contributed by atoms with E-state index in [0.29, 0.717) is 16.3 Å². The molecule has 1 amide bonds. The average molecular weight is 300 g/mol. The summed E-state index contributed by atoms with van der Waals surface area (Å²) in [7, 11) is 1.30. The van der Waals surface area contributed by atoms with E-state index < -0.39 is 5.97 Å². The number of amides is 1. The van der Waals surface area contributed by atoms with Crippen LogP contribution in [0.15, 0.2) is 52.5 Å². The van der Waals surface area contributed by atoms with Crippen LogP contribution in [-0.2, 0) is 9.53 Å².